The Morgan fingerprint density at radius 2 is 2.21 bits per heavy atom. The molecule has 0 fully saturated rings. The first-order valence-corrected chi connectivity index (χ1v) is 8.05. The van der Waals surface area contributed by atoms with Gasteiger partial charge in [0, 0.05) is 29.5 Å². The summed E-state index contributed by atoms with van der Waals surface area (Å²) in [6, 6.07) is 6.81. The summed E-state index contributed by atoms with van der Waals surface area (Å²) in [7, 11) is 0. The van der Waals surface area contributed by atoms with Crippen molar-refractivity contribution in [2.75, 3.05) is 6.54 Å². The summed E-state index contributed by atoms with van der Waals surface area (Å²) in [5.74, 6) is -0.379. The molecule has 0 aliphatic heterocycles. The highest BCUT2D eigenvalue weighted by Gasteiger charge is 2.14. The number of rotatable bonds is 7. The van der Waals surface area contributed by atoms with Gasteiger partial charge in [0.05, 0.1) is 5.69 Å². The van der Waals surface area contributed by atoms with Crippen molar-refractivity contribution < 1.29 is 4.39 Å². The molecule has 0 saturated carbocycles. The number of fused-ring (bicyclic) bond motifs is 1. The second-order valence-electron chi connectivity index (χ2n) is 5.64. The summed E-state index contributed by atoms with van der Waals surface area (Å²) in [5.41, 5.74) is 3.17. The van der Waals surface area contributed by atoms with Crippen molar-refractivity contribution >= 4 is 11.0 Å². The third-order valence-electron chi connectivity index (χ3n) is 3.78. The zero-order valence-corrected chi connectivity index (χ0v) is 13.6. The lowest BCUT2D eigenvalue weighted by Crippen LogP contribution is -2.13. The van der Waals surface area contributed by atoms with Crippen LogP contribution in [-0.4, -0.2) is 26.7 Å². The van der Waals surface area contributed by atoms with Gasteiger partial charge in [-0.3, -0.25) is 5.10 Å². The standard InChI is InChI=1S/C18H20FN5/c1-3-10-20-12(2)6-7-13-8-9-15(19)17(22-13)16-14-5-4-11-21-18(14)24-23-16/h4-5,8-9,11,20H,2-3,6-7,10H2,1H3,(H,21,23,24). The fourth-order valence-electron chi connectivity index (χ4n) is 2.50. The molecule has 6 heteroatoms. The number of hydrogen-bond acceptors (Lipinski definition) is 4. The molecule has 24 heavy (non-hydrogen) atoms. The number of H-pyrrole nitrogens is 1. The van der Waals surface area contributed by atoms with E-state index < -0.39 is 0 Å². The smallest absolute Gasteiger partial charge is 0.181 e. The van der Waals surface area contributed by atoms with Gasteiger partial charge in [-0.2, -0.15) is 5.10 Å². The maximum absolute atomic E-state index is 14.3. The Kier molecular flexibility index (Phi) is 4.84. The fraction of sp³-hybridized carbons (Fsp3) is 0.278. The van der Waals surface area contributed by atoms with Gasteiger partial charge in [-0.25, -0.2) is 14.4 Å². The van der Waals surface area contributed by atoms with Gasteiger partial charge in [-0.1, -0.05) is 13.5 Å². The molecule has 0 spiro atoms. The largest absolute Gasteiger partial charge is 0.389 e. The summed E-state index contributed by atoms with van der Waals surface area (Å²) in [6.45, 7) is 7.02. The van der Waals surface area contributed by atoms with Crippen LogP contribution < -0.4 is 5.32 Å². The lowest BCUT2D eigenvalue weighted by molar-refractivity contribution is 0.622. The van der Waals surface area contributed by atoms with E-state index in [0.717, 1.165) is 36.2 Å². The second-order valence-corrected chi connectivity index (χ2v) is 5.64. The minimum Gasteiger partial charge on any atom is -0.389 e. The van der Waals surface area contributed by atoms with E-state index in [1.54, 1.807) is 18.3 Å². The van der Waals surface area contributed by atoms with E-state index in [0.29, 0.717) is 17.8 Å². The van der Waals surface area contributed by atoms with Crippen molar-refractivity contribution in [3.05, 3.63) is 54.2 Å². The summed E-state index contributed by atoms with van der Waals surface area (Å²) in [5, 5.41) is 11.0. The minimum atomic E-state index is -0.379. The van der Waals surface area contributed by atoms with Crippen LogP contribution in [0.1, 0.15) is 25.5 Å². The third-order valence-corrected chi connectivity index (χ3v) is 3.78. The van der Waals surface area contributed by atoms with Crippen molar-refractivity contribution in [1.82, 2.24) is 25.5 Å². The molecule has 0 unspecified atom stereocenters. The van der Waals surface area contributed by atoms with E-state index in [1.165, 1.54) is 6.07 Å². The van der Waals surface area contributed by atoms with E-state index in [1.807, 2.05) is 6.07 Å². The number of nitrogens with zero attached hydrogens (tertiary/aromatic N) is 3. The molecule has 3 rings (SSSR count). The topological polar surface area (TPSA) is 66.5 Å². The molecule has 0 aliphatic carbocycles. The molecule has 3 heterocycles. The Balaban J connectivity index is 1.83. The Labute approximate surface area is 140 Å². The Bertz CT molecular complexity index is 855. The number of aryl methyl sites for hydroxylation is 1. The van der Waals surface area contributed by atoms with Crippen molar-refractivity contribution in [3.63, 3.8) is 0 Å². The minimum absolute atomic E-state index is 0.273. The van der Waals surface area contributed by atoms with Crippen LogP contribution in [0.2, 0.25) is 0 Å². The molecule has 0 radical (unpaired) electrons. The van der Waals surface area contributed by atoms with Gasteiger partial charge in [0.25, 0.3) is 0 Å². The molecule has 0 atom stereocenters. The van der Waals surface area contributed by atoms with E-state index in [9.17, 15) is 4.39 Å². The predicted octanol–water partition coefficient (Wildman–Crippen LogP) is 3.60. The van der Waals surface area contributed by atoms with E-state index in [4.69, 9.17) is 0 Å². The van der Waals surface area contributed by atoms with E-state index in [2.05, 4.69) is 39.0 Å². The summed E-state index contributed by atoms with van der Waals surface area (Å²) in [6.07, 6.45) is 4.18. The van der Waals surface area contributed by atoms with E-state index in [-0.39, 0.29) is 11.5 Å². The van der Waals surface area contributed by atoms with Crippen LogP contribution in [-0.2, 0) is 6.42 Å². The summed E-state index contributed by atoms with van der Waals surface area (Å²) < 4.78 is 14.3. The van der Waals surface area contributed by atoms with Crippen molar-refractivity contribution in [3.8, 4) is 11.4 Å². The van der Waals surface area contributed by atoms with Crippen LogP contribution >= 0.6 is 0 Å². The number of allylic oxidation sites excluding steroid dienone is 1. The molecule has 3 aromatic heterocycles. The van der Waals surface area contributed by atoms with Crippen molar-refractivity contribution in [1.29, 1.82) is 0 Å². The molecule has 0 bridgehead atoms. The number of aromatic nitrogens is 4. The first-order valence-electron chi connectivity index (χ1n) is 8.05. The third kappa shape index (κ3) is 3.42. The molecular formula is C18H20FN5. The molecule has 5 nitrogen and oxygen atoms in total. The number of hydrogen-bond donors (Lipinski definition) is 2. The van der Waals surface area contributed by atoms with Gasteiger partial charge in [-0.05, 0) is 43.5 Å². The fourth-order valence-corrected chi connectivity index (χ4v) is 2.50. The van der Waals surface area contributed by atoms with Crippen LogP contribution in [0.5, 0.6) is 0 Å². The first kappa shape index (κ1) is 16.1. The maximum atomic E-state index is 14.3. The molecule has 0 amide bonds. The maximum Gasteiger partial charge on any atom is 0.181 e. The molecular weight excluding hydrogens is 305 g/mol. The van der Waals surface area contributed by atoms with Crippen LogP contribution in [0, 0.1) is 5.82 Å². The lowest BCUT2D eigenvalue weighted by atomic mass is 10.1. The van der Waals surface area contributed by atoms with Gasteiger partial charge in [0.1, 0.15) is 5.69 Å². The molecule has 2 N–H and O–H groups in total. The molecule has 0 aromatic carbocycles. The monoisotopic (exact) mass is 325 g/mol. The number of aromatic amines is 1. The zero-order chi connectivity index (χ0) is 16.9. The average molecular weight is 325 g/mol. The quantitative estimate of drug-likeness (QED) is 0.696. The van der Waals surface area contributed by atoms with Gasteiger partial charge < -0.3 is 5.32 Å². The highest BCUT2D eigenvalue weighted by molar-refractivity contribution is 5.89. The first-order chi connectivity index (χ1) is 11.7. The summed E-state index contributed by atoms with van der Waals surface area (Å²) in [4.78, 5) is 8.63. The molecule has 0 aliphatic rings. The van der Waals surface area contributed by atoms with Crippen LogP contribution in [0.3, 0.4) is 0 Å². The number of nitrogens with one attached hydrogen (secondary N) is 2. The molecule has 3 aromatic rings. The normalized spacial score (nSPS) is 10.9. The van der Waals surface area contributed by atoms with Crippen molar-refractivity contribution in [2.24, 2.45) is 0 Å². The SMILES string of the molecule is C=C(CCc1ccc(F)c(-c2[nH]nc3ncccc23)n1)NCCC. The summed E-state index contributed by atoms with van der Waals surface area (Å²) >= 11 is 0. The van der Waals surface area contributed by atoms with Gasteiger partial charge >= 0.3 is 0 Å². The van der Waals surface area contributed by atoms with E-state index >= 15 is 0 Å². The van der Waals surface area contributed by atoms with Gasteiger partial charge in [-0.15, -0.1) is 0 Å². The van der Waals surface area contributed by atoms with Gasteiger partial charge in [0.2, 0.25) is 0 Å². The Morgan fingerprint density at radius 1 is 1.33 bits per heavy atom. The number of halogens is 1. The second kappa shape index (κ2) is 7.21. The Hall–Kier alpha value is -2.76. The van der Waals surface area contributed by atoms with Crippen LogP contribution in [0.25, 0.3) is 22.4 Å². The van der Waals surface area contributed by atoms with Crippen molar-refractivity contribution in [2.45, 2.75) is 26.2 Å². The molecule has 0 saturated heterocycles. The van der Waals surface area contributed by atoms with Crippen LogP contribution in [0.15, 0.2) is 42.7 Å². The Morgan fingerprint density at radius 3 is 3.04 bits per heavy atom. The number of pyridine rings is 2. The molecule has 124 valence electrons. The van der Waals surface area contributed by atoms with Gasteiger partial charge in [0.15, 0.2) is 11.5 Å². The lowest BCUT2D eigenvalue weighted by Gasteiger charge is -2.09. The highest BCUT2D eigenvalue weighted by atomic mass is 19.1. The zero-order valence-electron chi connectivity index (χ0n) is 13.6. The average Bonchev–Trinajstić information content (AvgIpc) is 3.03. The van der Waals surface area contributed by atoms with Crippen LogP contribution in [0.4, 0.5) is 4.39 Å². The predicted molar refractivity (Wildman–Crippen MR) is 92.8 cm³/mol. The highest BCUT2D eigenvalue weighted by Crippen LogP contribution is 2.26.